The van der Waals surface area contributed by atoms with E-state index in [-0.39, 0.29) is 18.6 Å². The van der Waals surface area contributed by atoms with Crippen LogP contribution in [0.5, 0.6) is 5.75 Å². The number of hydrogen-bond donors (Lipinski definition) is 2. The van der Waals surface area contributed by atoms with Gasteiger partial charge in [-0.2, -0.15) is 0 Å². The lowest BCUT2D eigenvalue weighted by molar-refractivity contribution is -0.121. The van der Waals surface area contributed by atoms with Crippen LogP contribution in [0.25, 0.3) is 0 Å². The van der Waals surface area contributed by atoms with Crippen LogP contribution < -0.4 is 10.1 Å². The summed E-state index contributed by atoms with van der Waals surface area (Å²) in [4.78, 5) is 11.5. The lowest BCUT2D eigenvalue weighted by Crippen LogP contribution is -2.28. The maximum Gasteiger partial charge on any atom is 0.220 e. The first-order valence-electron chi connectivity index (χ1n) is 7.24. The standard InChI is InChI=1S/C16H25NO3/c1-4-5-9-16(19)17-11-15(18)13-7-6-8-14(10-13)20-12(2)3/h6-8,10,12,15,18H,4-5,9,11H2,1-3H3,(H,17,19)/t15-/m0/s1. The highest BCUT2D eigenvalue weighted by Gasteiger charge is 2.10. The molecule has 1 aromatic rings. The fourth-order valence-corrected chi connectivity index (χ4v) is 1.82. The summed E-state index contributed by atoms with van der Waals surface area (Å²) in [5.41, 5.74) is 0.749. The van der Waals surface area contributed by atoms with E-state index >= 15 is 0 Å². The number of carbonyl (C=O) groups excluding carboxylic acids is 1. The third kappa shape index (κ3) is 6.06. The van der Waals surface area contributed by atoms with Crippen molar-refractivity contribution in [1.82, 2.24) is 5.32 Å². The Bertz CT molecular complexity index is 418. The highest BCUT2D eigenvalue weighted by atomic mass is 16.5. The molecular formula is C16H25NO3. The van der Waals surface area contributed by atoms with Crippen molar-refractivity contribution < 1.29 is 14.6 Å². The number of hydrogen-bond acceptors (Lipinski definition) is 3. The molecule has 0 aliphatic heterocycles. The number of ether oxygens (including phenoxy) is 1. The van der Waals surface area contributed by atoms with Crippen molar-refractivity contribution in [2.45, 2.75) is 52.2 Å². The second-order valence-corrected chi connectivity index (χ2v) is 5.16. The summed E-state index contributed by atoms with van der Waals surface area (Å²) in [6.45, 7) is 6.18. The monoisotopic (exact) mass is 279 g/mol. The van der Waals surface area contributed by atoms with Crippen molar-refractivity contribution >= 4 is 5.91 Å². The van der Waals surface area contributed by atoms with Crippen LogP contribution in [-0.4, -0.2) is 23.7 Å². The first-order valence-corrected chi connectivity index (χ1v) is 7.24. The molecule has 1 atom stereocenters. The van der Waals surface area contributed by atoms with E-state index < -0.39 is 6.10 Å². The summed E-state index contributed by atoms with van der Waals surface area (Å²) < 4.78 is 5.59. The minimum absolute atomic E-state index is 0.0134. The Balaban J connectivity index is 2.50. The lowest BCUT2D eigenvalue weighted by Gasteiger charge is -2.15. The normalized spacial score (nSPS) is 12.2. The lowest BCUT2D eigenvalue weighted by atomic mass is 10.1. The molecule has 112 valence electrons. The van der Waals surface area contributed by atoms with E-state index in [0.717, 1.165) is 24.2 Å². The van der Waals surface area contributed by atoms with E-state index in [4.69, 9.17) is 4.74 Å². The molecule has 0 saturated heterocycles. The SMILES string of the molecule is CCCCC(=O)NC[C@H](O)c1cccc(OC(C)C)c1. The number of aliphatic hydroxyl groups is 1. The summed E-state index contributed by atoms with van der Waals surface area (Å²) >= 11 is 0. The first-order chi connectivity index (χ1) is 9.52. The average Bonchev–Trinajstić information content (AvgIpc) is 2.42. The third-order valence-corrected chi connectivity index (χ3v) is 2.86. The second kappa shape index (κ2) is 8.59. The van der Waals surface area contributed by atoms with Crippen molar-refractivity contribution in [3.8, 4) is 5.75 Å². The molecule has 0 saturated carbocycles. The molecule has 0 aliphatic carbocycles. The molecule has 0 radical (unpaired) electrons. The van der Waals surface area contributed by atoms with Crippen LogP contribution in [0.4, 0.5) is 0 Å². The van der Waals surface area contributed by atoms with Crippen LogP contribution in [0.3, 0.4) is 0 Å². The molecule has 1 aromatic carbocycles. The van der Waals surface area contributed by atoms with Gasteiger partial charge in [-0.15, -0.1) is 0 Å². The predicted molar refractivity (Wildman–Crippen MR) is 79.7 cm³/mol. The number of rotatable bonds is 8. The van der Waals surface area contributed by atoms with E-state index in [2.05, 4.69) is 5.32 Å². The van der Waals surface area contributed by atoms with Crippen molar-refractivity contribution in [3.63, 3.8) is 0 Å². The van der Waals surface area contributed by atoms with Gasteiger partial charge in [-0.05, 0) is 38.0 Å². The number of amides is 1. The van der Waals surface area contributed by atoms with Gasteiger partial charge in [0.25, 0.3) is 0 Å². The van der Waals surface area contributed by atoms with E-state index in [0.29, 0.717) is 6.42 Å². The quantitative estimate of drug-likeness (QED) is 0.769. The number of aliphatic hydroxyl groups excluding tert-OH is 1. The number of benzene rings is 1. The third-order valence-electron chi connectivity index (χ3n) is 2.86. The van der Waals surface area contributed by atoms with Gasteiger partial charge in [0.2, 0.25) is 5.91 Å². The molecule has 0 spiro atoms. The molecule has 0 bridgehead atoms. The zero-order chi connectivity index (χ0) is 15.0. The van der Waals surface area contributed by atoms with E-state index in [1.165, 1.54) is 0 Å². The minimum atomic E-state index is -0.712. The van der Waals surface area contributed by atoms with Gasteiger partial charge in [-0.3, -0.25) is 4.79 Å². The highest BCUT2D eigenvalue weighted by Crippen LogP contribution is 2.19. The van der Waals surface area contributed by atoms with Gasteiger partial charge in [0.05, 0.1) is 12.2 Å². The van der Waals surface area contributed by atoms with Gasteiger partial charge in [0.15, 0.2) is 0 Å². The molecule has 2 N–H and O–H groups in total. The maximum atomic E-state index is 11.5. The Morgan fingerprint density at radius 3 is 2.80 bits per heavy atom. The highest BCUT2D eigenvalue weighted by molar-refractivity contribution is 5.75. The molecule has 1 rings (SSSR count). The van der Waals surface area contributed by atoms with Gasteiger partial charge in [0, 0.05) is 13.0 Å². The number of carbonyl (C=O) groups is 1. The zero-order valence-electron chi connectivity index (χ0n) is 12.6. The van der Waals surface area contributed by atoms with Crippen LogP contribution in [0, 0.1) is 0 Å². The Labute approximate surface area is 121 Å². The minimum Gasteiger partial charge on any atom is -0.491 e. The van der Waals surface area contributed by atoms with Crippen LogP contribution >= 0.6 is 0 Å². The van der Waals surface area contributed by atoms with Crippen molar-refractivity contribution in [3.05, 3.63) is 29.8 Å². The van der Waals surface area contributed by atoms with Crippen LogP contribution in [0.2, 0.25) is 0 Å². The summed E-state index contributed by atoms with van der Waals surface area (Å²) in [6.07, 6.45) is 1.76. The van der Waals surface area contributed by atoms with Crippen LogP contribution in [0.15, 0.2) is 24.3 Å². The molecule has 1 amide bonds. The molecule has 4 nitrogen and oxygen atoms in total. The largest absolute Gasteiger partial charge is 0.491 e. The Hall–Kier alpha value is -1.55. The topological polar surface area (TPSA) is 58.6 Å². The molecule has 0 unspecified atom stereocenters. The van der Waals surface area contributed by atoms with Crippen molar-refractivity contribution in [1.29, 1.82) is 0 Å². The summed E-state index contributed by atoms with van der Waals surface area (Å²) in [6, 6.07) is 7.34. The first kappa shape index (κ1) is 16.5. The molecule has 0 fully saturated rings. The van der Waals surface area contributed by atoms with E-state index in [9.17, 15) is 9.90 Å². The molecular weight excluding hydrogens is 254 g/mol. The van der Waals surface area contributed by atoms with Gasteiger partial charge in [-0.25, -0.2) is 0 Å². The predicted octanol–water partition coefficient (Wildman–Crippen LogP) is 2.81. The van der Waals surface area contributed by atoms with E-state index in [1.54, 1.807) is 0 Å². The maximum absolute atomic E-state index is 11.5. The van der Waals surface area contributed by atoms with Gasteiger partial charge in [-0.1, -0.05) is 25.5 Å². The Kier molecular flexibility index (Phi) is 7.09. The molecule has 0 aromatic heterocycles. The summed E-state index contributed by atoms with van der Waals surface area (Å²) in [5, 5.41) is 12.8. The molecule has 0 aliphatic rings. The number of unbranched alkanes of at least 4 members (excludes halogenated alkanes) is 1. The fraction of sp³-hybridized carbons (Fsp3) is 0.562. The molecule has 20 heavy (non-hydrogen) atoms. The zero-order valence-corrected chi connectivity index (χ0v) is 12.6. The average molecular weight is 279 g/mol. The Morgan fingerprint density at radius 2 is 2.15 bits per heavy atom. The Morgan fingerprint density at radius 1 is 1.40 bits per heavy atom. The van der Waals surface area contributed by atoms with Gasteiger partial charge >= 0.3 is 0 Å². The number of nitrogens with one attached hydrogen (secondary N) is 1. The van der Waals surface area contributed by atoms with Gasteiger partial charge in [0.1, 0.15) is 5.75 Å². The van der Waals surface area contributed by atoms with Crippen LogP contribution in [0.1, 0.15) is 51.7 Å². The van der Waals surface area contributed by atoms with Crippen LogP contribution in [-0.2, 0) is 4.79 Å². The smallest absolute Gasteiger partial charge is 0.220 e. The van der Waals surface area contributed by atoms with E-state index in [1.807, 2.05) is 45.0 Å². The summed E-state index contributed by atoms with van der Waals surface area (Å²) in [7, 11) is 0. The summed E-state index contributed by atoms with van der Waals surface area (Å²) in [5.74, 6) is 0.717. The van der Waals surface area contributed by atoms with Crippen molar-refractivity contribution in [2.24, 2.45) is 0 Å². The van der Waals surface area contributed by atoms with Crippen molar-refractivity contribution in [2.75, 3.05) is 6.54 Å². The van der Waals surface area contributed by atoms with Gasteiger partial charge < -0.3 is 15.2 Å². The fourth-order valence-electron chi connectivity index (χ4n) is 1.82. The molecule has 4 heteroatoms. The molecule has 0 heterocycles. The second-order valence-electron chi connectivity index (χ2n) is 5.16.